The molecule has 0 N–H and O–H groups in total. The molecule has 0 aromatic rings. The fraction of sp³-hybridized carbons (Fsp3) is 0.889. The van der Waals surface area contributed by atoms with Crippen molar-refractivity contribution in [2.45, 2.75) is 39.2 Å². The van der Waals surface area contributed by atoms with E-state index in [0.717, 1.165) is 0 Å². The average molecular weight is 266 g/mol. The Kier molecular flexibility index (Phi) is 4.85. The van der Waals surface area contributed by atoms with E-state index in [1.165, 1.54) is 20.8 Å². The summed E-state index contributed by atoms with van der Waals surface area (Å²) in [7, 11) is 0. The quantitative estimate of drug-likeness (QED) is 0.578. The molecule has 102 valence electrons. The topological polar surface area (TPSA) is 26.3 Å². The molecule has 0 spiro atoms. The van der Waals surface area contributed by atoms with E-state index < -0.39 is 36.3 Å². The number of alkyl halides is 6. The monoisotopic (exact) mass is 266 g/mol. The summed E-state index contributed by atoms with van der Waals surface area (Å²) in [5.41, 5.74) is 0. The Labute approximate surface area is 93.9 Å². The van der Waals surface area contributed by atoms with E-state index in [1.54, 1.807) is 0 Å². The lowest BCUT2D eigenvalue weighted by molar-refractivity contribution is -0.314. The molecule has 0 aromatic heterocycles. The van der Waals surface area contributed by atoms with Crippen LogP contribution in [0.4, 0.5) is 26.3 Å². The van der Waals surface area contributed by atoms with Crippen molar-refractivity contribution in [2.75, 3.05) is 0 Å². The van der Waals surface area contributed by atoms with Crippen LogP contribution >= 0.6 is 0 Å². The number of carbonyl (C=O) groups excluding carboxylic acids is 1. The highest BCUT2D eigenvalue weighted by Crippen LogP contribution is 2.36. The van der Waals surface area contributed by atoms with Gasteiger partial charge in [0.1, 0.15) is 0 Å². The Balaban J connectivity index is 4.86. The van der Waals surface area contributed by atoms with E-state index in [2.05, 4.69) is 4.74 Å². The van der Waals surface area contributed by atoms with Gasteiger partial charge in [-0.1, -0.05) is 20.8 Å². The molecule has 8 heteroatoms. The summed E-state index contributed by atoms with van der Waals surface area (Å²) in [6, 6.07) is 0. The van der Waals surface area contributed by atoms with Crippen LogP contribution in [0.1, 0.15) is 20.8 Å². The van der Waals surface area contributed by atoms with E-state index in [1.807, 2.05) is 0 Å². The molecule has 0 aliphatic rings. The molecule has 0 saturated heterocycles. The highest BCUT2D eigenvalue weighted by molar-refractivity contribution is 5.72. The van der Waals surface area contributed by atoms with E-state index in [9.17, 15) is 31.1 Å². The van der Waals surface area contributed by atoms with Gasteiger partial charge in [-0.2, -0.15) is 26.3 Å². The first-order chi connectivity index (χ1) is 7.37. The average Bonchev–Trinajstić information content (AvgIpc) is 2.08. The highest BCUT2D eigenvalue weighted by Gasteiger charge is 2.60. The molecule has 0 radical (unpaired) electrons. The van der Waals surface area contributed by atoms with Crippen LogP contribution in [0.3, 0.4) is 0 Å². The minimum Gasteiger partial charge on any atom is -0.443 e. The zero-order chi connectivity index (χ0) is 14.0. The third-order valence-electron chi connectivity index (χ3n) is 2.20. The van der Waals surface area contributed by atoms with Gasteiger partial charge in [0.15, 0.2) is 0 Å². The summed E-state index contributed by atoms with van der Waals surface area (Å²) >= 11 is 0. The molecule has 17 heavy (non-hydrogen) atoms. The van der Waals surface area contributed by atoms with Gasteiger partial charge in [-0.3, -0.25) is 4.79 Å². The fourth-order valence-electron chi connectivity index (χ4n) is 0.815. The van der Waals surface area contributed by atoms with E-state index >= 15 is 0 Å². The molecule has 0 fully saturated rings. The van der Waals surface area contributed by atoms with Gasteiger partial charge in [0.25, 0.3) is 6.10 Å². The van der Waals surface area contributed by atoms with Gasteiger partial charge in [0, 0.05) is 0 Å². The Morgan fingerprint density at radius 3 is 1.53 bits per heavy atom. The smallest absolute Gasteiger partial charge is 0.434 e. The summed E-state index contributed by atoms with van der Waals surface area (Å²) < 4.78 is 75.8. The van der Waals surface area contributed by atoms with Crippen LogP contribution in [0.5, 0.6) is 0 Å². The van der Waals surface area contributed by atoms with Crippen LogP contribution < -0.4 is 0 Å². The minimum absolute atomic E-state index is 0.412. The maximum absolute atomic E-state index is 12.0. The van der Waals surface area contributed by atoms with Crippen LogP contribution in [0.15, 0.2) is 0 Å². The molecular formula is C9H12F6O2. The van der Waals surface area contributed by atoms with Crippen molar-refractivity contribution < 1.29 is 35.9 Å². The van der Waals surface area contributed by atoms with Crippen molar-refractivity contribution in [2.24, 2.45) is 11.8 Å². The second-order valence-corrected chi connectivity index (χ2v) is 3.93. The largest absolute Gasteiger partial charge is 0.443 e. The van der Waals surface area contributed by atoms with E-state index in [-0.39, 0.29) is 0 Å². The molecule has 1 atom stereocenters. The molecule has 0 aliphatic carbocycles. The van der Waals surface area contributed by atoms with Gasteiger partial charge in [-0.15, -0.1) is 0 Å². The maximum Gasteiger partial charge on any atom is 0.434 e. The van der Waals surface area contributed by atoms with Crippen LogP contribution in [0.25, 0.3) is 0 Å². The number of halogens is 6. The molecule has 0 bridgehead atoms. The summed E-state index contributed by atoms with van der Waals surface area (Å²) in [6.07, 6.45) is -15.4. The molecule has 0 saturated carbocycles. The van der Waals surface area contributed by atoms with Crippen LogP contribution in [0, 0.1) is 11.8 Å². The lowest BCUT2D eigenvalue weighted by Gasteiger charge is -2.25. The van der Waals surface area contributed by atoms with Crippen LogP contribution in [-0.2, 0) is 9.53 Å². The molecule has 1 unspecified atom stereocenters. The van der Waals surface area contributed by atoms with E-state index in [0.29, 0.717) is 0 Å². The van der Waals surface area contributed by atoms with Gasteiger partial charge in [0.05, 0.1) is 5.92 Å². The van der Waals surface area contributed by atoms with Crippen LogP contribution in [0.2, 0.25) is 0 Å². The summed E-state index contributed by atoms with van der Waals surface area (Å²) in [5, 5.41) is 0. The fourth-order valence-corrected chi connectivity index (χ4v) is 0.815. The zero-order valence-corrected chi connectivity index (χ0v) is 9.32. The first-order valence-electron chi connectivity index (χ1n) is 4.71. The lowest BCUT2D eigenvalue weighted by Crippen LogP contribution is -2.46. The van der Waals surface area contributed by atoms with Crippen molar-refractivity contribution in [3.05, 3.63) is 0 Å². The van der Waals surface area contributed by atoms with Gasteiger partial charge < -0.3 is 4.74 Å². The van der Waals surface area contributed by atoms with Crippen molar-refractivity contribution in [3.8, 4) is 0 Å². The number of esters is 1. The Morgan fingerprint density at radius 2 is 1.29 bits per heavy atom. The number of rotatable bonds is 3. The normalized spacial score (nSPS) is 15.2. The Bertz CT molecular complexity index is 254. The summed E-state index contributed by atoms with van der Waals surface area (Å²) in [6.45, 7) is 4.18. The SMILES string of the molecule is CC(C)C(C)C(=O)OC(C(F)(F)F)C(F)(F)F. The summed E-state index contributed by atoms with van der Waals surface area (Å²) in [5.74, 6) is -2.97. The van der Waals surface area contributed by atoms with Crippen molar-refractivity contribution in [3.63, 3.8) is 0 Å². The standard InChI is InChI=1S/C9H12F6O2/c1-4(2)5(3)6(16)17-7(8(10,11)12)9(13,14)15/h4-5,7H,1-3H3. The molecule has 0 heterocycles. The molecule has 0 aromatic carbocycles. The van der Waals surface area contributed by atoms with Gasteiger partial charge in [0.2, 0.25) is 0 Å². The second kappa shape index (κ2) is 5.14. The van der Waals surface area contributed by atoms with Gasteiger partial charge in [-0.05, 0) is 5.92 Å². The van der Waals surface area contributed by atoms with Crippen molar-refractivity contribution in [1.29, 1.82) is 0 Å². The lowest BCUT2D eigenvalue weighted by atomic mass is 9.98. The van der Waals surface area contributed by atoms with Crippen LogP contribution in [-0.4, -0.2) is 24.4 Å². The highest BCUT2D eigenvalue weighted by atomic mass is 19.4. The Morgan fingerprint density at radius 1 is 0.941 bits per heavy atom. The van der Waals surface area contributed by atoms with Crippen molar-refractivity contribution in [1.82, 2.24) is 0 Å². The van der Waals surface area contributed by atoms with Gasteiger partial charge >= 0.3 is 18.3 Å². The predicted octanol–water partition coefficient (Wildman–Crippen LogP) is 3.31. The molecule has 2 nitrogen and oxygen atoms in total. The van der Waals surface area contributed by atoms with Gasteiger partial charge in [-0.25, -0.2) is 0 Å². The number of ether oxygens (including phenoxy) is 1. The first kappa shape index (κ1) is 16.1. The second-order valence-electron chi connectivity index (χ2n) is 3.93. The van der Waals surface area contributed by atoms with E-state index in [4.69, 9.17) is 0 Å². The first-order valence-corrected chi connectivity index (χ1v) is 4.71. The van der Waals surface area contributed by atoms with Crippen molar-refractivity contribution >= 4 is 5.97 Å². The Hall–Kier alpha value is -0.950. The maximum atomic E-state index is 12.0. The number of hydrogen-bond donors (Lipinski definition) is 0. The third kappa shape index (κ3) is 4.82. The molecular weight excluding hydrogens is 254 g/mol. The number of carbonyl (C=O) groups is 1. The zero-order valence-electron chi connectivity index (χ0n) is 9.32. The molecule has 0 rings (SSSR count). The number of hydrogen-bond acceptors (Lipinski definition) is 2. The minimum atomic E-state index is -5.66. The molecule has 0 amide bonds. The predicted molar refractivity (Wildman–Crippen MR) is 46.0 cm³/mol. The third-order valence-corrected chi connectivity index (χ3v) is 2.20. The summed E-state index contributed by atoms with van der Waals surface area (Å²) in [4.78, 5) is 11.1. The molecule has 0 aliphatic heterocycles.